The molecule has 0 aromatic carbocycles. The number of likely N-dealkylation sites (tertiary alicyclic amines) is 1. The highest BCUT2D eigenvalue weighted by atomic mass is 16.2. The molecule has 0 saturated carbocycles. The van der Waals surface area contributed by atoms with Crippen LogP contribution in [0, 0.1) is 0 Å². The number of carbonyl (C=O) groups excluding carboxylic acids is 2. The molecule has 1 aliphatic heterocycles. The highest BCUT2D eigenvalue weighted by molar-refractivity contribution is 6.02. The van der Waals surface area contributed by atoms with Crippen LogP contribution in [0.2, 0.25) is 0 Å². The van der Waals surface area contributed by atoms with Gasteiger partial charge in [0.15, 0.2) is 0 Å². The molecule has 17 heavy (non-hydrogen) atoms. The third kappa shape index (κ3) is 5.16. The summed E-state index contributed by atoms with van der Waals surface area (Å²) in [5.41, 5.74) is 0. The first-order chi connectivity index (χ1) is 8.25. The predicted octanol–water partition coefficient (Wildman–Crippen LogP) is 3.40. The fourth-order valence-electron chi connectivity index (χ4n) is 1.98. The molecule has 0 aliphatic carbocycles. The lowest BCUT2D eigenvalue weighted by Gasteiger charge is -2.06. The molecule has 0 atom stereocenters. The second kappa shape index (κ2) is 8.04. The maximum atomic E-state index is 11.3. The summed E-state index contributed by atoms with van der Waals surface area (Å²) in [7, 11) is 0. The Kier molecular flexibility index (Phi) is 6.60. The third-order valence-electron chi connectivity index (χ3n) is 3.07. The van der Waals surface area contributed by atoms with Crippen molar-refractivity contribution in [2.75, 3.05) is 0 Å². The number of carbonyl (C=O) groups is 2. The van der Waals surface area contributed by atoms with E-state index < -0.39 is 0 Å². The van der Waals surface area contributed by atoms with Gasteiger partial charge in [-0.3, -0.25) is 14.5 Å². The van der Waals surface area contributed by atoms with E-state index in [0.29, 0.717) is 12.8 Å². The minimum absolute atomic E-state index is 0.0609. The second-order valence-corrected chi connectivity index (χ2v) is 4.60. The van der Waals surface area contributed by atoms with Gasteiger partial charge in [0.2, 0.25) is 11.8 Å². The fraction of sp³-hybridized carbons (Fsp3) is 0.714. The number of allylic oxidation sites excluding steroid dienone is 1. The summed E-state index contributed by atoms with van der Waals surface area (Å²) in [6.45, 7) is 2.22. The molecule has 96 valence electrons. The largest absolute Gasteiger partial charge is 0.274 e. The molecule has 0 aromatic rings. The molecule has 2 amide bonds. The smallest absolute Gasteiger partial charge is 0.233 e. The van der Waals surface area contributed by atoms with Crippen molar-refractivity contribution in [2.24, 2.45) is 0 Å². The van der Waals surface area contributed by atoms with E-state index in [0.717, 1.165) is 12.8 Å². The van der Waals surface area contributed by atoms with E-state index in [-0.39, 0.29) is 11.8 Å². The molecule has 3 nitrogen and oxygen atoms in total. The SMILES string of the molecule is CCCCCCCCC=CN1C(=O)CCC1=O. The predicted molar refractivity (Wildman–Crippen MR) is 68.2 cm³/mol. The van der Waals surface area contributed by atoms with Gasteiger partial charge in [-0.25, -0.2) is 0 Å². The van der Waals surface area contributed by atoms with E-state index in [2.05, 4.69) is 6.92 Å². The molecular formula is C14H23NO2. The molecule has 0 radical (unpaired) electrons. The van der Waals surface area contributed by atoms with Crippen molar-refractivity contribution in [3.63, 3.8) is 0 Å². The lowest BCUT2D eigenvalue weighted by Crippen LogP contribution is -2.22. The number of nitrogens with zero attached hydrogens (tertiary/aromatic N) is 1. The van der Waals surface area contributed by atoms with Crippen molar-refractivity contribution in [1.82, 2.24) is 4.90 Å². The molecule has 0 bridgehead atoms. The molecular weight excluding hydrogens is 214 g/mol. The Morgan fingerprint density at radius 1 is 1.00 bits per heavy atom. The summed E-state index contributed by atoms with van der Waals surface area (Å²) in [6, 6.07) is 0. The molecule has 1 heterocycles. The second-order valence-electron chi connectivity index (χ2n) is 4.60. The van der Waals surface area contributed by atoms with E-state index in [4.69, 9.17) is 0 Å². The Labute approximate surface area is 104 Å². The van der Waals surface area contributed by atoms with Gasteiger partial charge >= 0.3 is 0 Å². The molecule has 1 aliphatic rings. The maximum absolute atomic E-state index is 11.3. The van der Waals surface area contributed by atoms with Gasteiger partial charge in [0, 0.05) is 19.0 Å². The summed E-state index contributed by atoms with van der Waals surface area (Å²) in [4.78, 5) is 23.8. The van der Waals surface area contributed by atoms with Crippen LogP contribution in [0.25, 0.3) is 0 Å². The van der Waals surface area contributed by atoms with Crippen LogP contribution < -0.4 is 0 Å². The lowest BCUT2D eigenvalue weighted by molar-refractivity contribution is -0.135. The summed E-state index contributed by atoms with van der Waals surface area (Å²) in [6.07, 6.45) is 12.9. The highest BCUT2D eigenvalue weighted by Crippen LogP contribution is 2.13. The lowest BCUT2D eigenvalue weighted by atomic mass is 10.1. The first-order valence-corrected chi connectivity index (χ1v) is 6.77. The van der Waals surface area contributed by atoms with Crippen molar-refractivity contribution in [3.05, 3.63) is 12.3 Å². The number of imide groups is 1. The Bertz CT molecular complexity index is 268. The molecule has 1 rings (SSSR count). The fourth-order valence-corrected chi connectivity index (χ4v) is 1.98. The minimum atomic E-state index is -0.0609. The molecule has 0 N–H and O–H groups in total. The van der Waals surface area contributed by atoms with Crippen LogP contribution in [0.5, 0.6) is 0 Å². The topological polar surface area (TPSA) is 37.4 Å². The number of hydrogen-bond donors (Lipinski definition) is 0. The highest BCUT2D eigenvalue weighted by Gasteiger charge is 2.26. The van der Waals surface area contributed by atoms with Crippen LogP contribution in [0.15, 0.2) is 12.3 Å². The van der Waals surface area contributed by atoms with E-state index in [9.17, 15) is 9.59 Å². The van der Waals surface area contributed by atoms with E-state index in [1.54, 1.807) is 6.20 Å². The zero-order chi connectivity index (χ0) is 12.5. The van der Waals surface area contributed by atoms with Gasteiger partial charge in [0.05, 0.1) is 0 Å². The summed E-state index contributed by atoms with van der Waals surface area (Å²) >= 11 is 0. The average Bonchev–Trinajstić information content (AvgIpc) is 2.63. The van der Waals surface area contributed by atoms with Gasteiger partial charge in [0.25, 0.3) is 0 Å². The maximum Gasteiger partial charge on any atom is 0.233 e. The van der Waals surface area contributed by atoms with Crippen molar-refractivity contribution in [1.29, 1.82) is 0 Å². The van der Waals surface area contributed by atoms with Gasteiger partial charge < -0.3 is 0 Å². The van der Waals surface area contributed by atoms with Gasteiger partial charge in [-0.1, -0.05) is 45.1 Å². The first kappa shape index (κ1) is 13.9. The summed E-state index contributed by atoms with van der Waals surface area (Å²) in [5, 5.41) is 0. The van der Waals surface area contributed by atoms with E-state index in [1.165, 1.54) is 37.0 Å². The zero-order valence-electron chi connectivity index (χ0n) is 10.8. The van der Waals surface area contributed by atoms with Crippen molar-refractivity contribution in [3.8, 4) is 0 Å². The third-order valence-corrected chi connectivity index (χ3v) is 3.07. The van der Waals surface area contributed by atoms with Crippen LogP contribution in [-0.4, -0.2) is 16.7 Å². The minimum Gasteiger partial charge on any atom is -0.274 e. The normalized spacial score (nSPS) is 16.4. The average molecular weight is 237 g/mol. The van der Waals surface area contributed by atoms with E-state index >= 15 is 0 Å². The van der Waals surface area contributed by atoms with Gasteiger partial charge in [0.1, 0.15) is 0 Å². The zero-order valence-corrected chi connectivity index (χ0v) is 10.8. The Balaban J connectivity index is 2.06. The van der Waals surface area contributed by atoms with Crippen molar-refractivity contribution < 1.29 is 9.59 Å². The Morgan fingerprint density at radius 2 is 1.59 bits per heavy atom. The molecule has 1 saturated heterocycles. The van der Waals surface area contributed by atoms with Crippen LogP contribution in [0.1, 0.15) is 64.7 Å². The van der Waals surface area contributed by atoms with Gasteiger partial charge in [-0.05, 0) is 12.8 Å². The summed E-state index contributed by atoms with van der Waals surface area (Å²) in [5.74, 6) is -0.122. The number of amides is 2. The molecule has 0 aromatic heterocycles. The Hall–Kier alpha value is -1.12. The van der Waals surface area contributed by atoms with Crippen LogP contribution in [-0.2, 0) is 9.59 Å². The van der Waals surface area contributed by atoms with Crippen LogP contribution in [0.3, 0.4) is 0 Å². The van der Waals surface area contributed by atoms with Crippen molar-refractivity contribution in [2.45, 2.75) is 64.7 Å². The van der Waals surface area contributed by atoms with Crippen molar-refractivity contribution >= 4 is 11.8 Å². The number of hydrogen-bond acceptors (Lipinski definition) is 2. The van der Waals surface area contributed by atoms with E-state index in [1.807, 2.05) is 6.08 Å². The quantitative estimate of drug-likeness (QED) is 0.479. The number of rotatable bonds is 8. The monoisotopic (exact) mass is 237 g/mol. The standard InChI is InChI=1S/C14H23NO2/c1-2-3-4-5-6-7-8-9-12-15-13(16)10-11-14(15)17/h9,12H,2-8,10-11H2,1H3. The summed E-state index contributed by atoms with van der Waals surface area (Å²) < 4.78 is 0. The Morgan fingerprint density at radius 3 is 2.24 bits per heavy atom. The molecule has 0 unspecified atom stereocenters. The van der Waals surface area contributed by atoms with Gasteiger partial charge in [-0.2, -0.15) is 0 Å². The number of unbranched alkanes of at least 4 members (excludes halogenated alkanes) is 6. The molecule has 0 spiro atoms. The molecule has 3 heteroatoms. The first-order valence-electron chi connectivity index (χ1n) is 6.77. The molecule has 1 fully saturated rings. The van der Waals surface area contributed by atoms with Crippen LogP contribution >= 0.6 is 0 Å². The van der Waals surface area contributed by atoms with Gasteiger partial charge in [-0.15, -0.1) is 0 Å². The van der Waals surface area contributed by atoms with Crippen LogP contribution in [0.4, 0.5) is 0 Å².